The highest BCUT2D eigenvalue weighted by Crippen LogP contribution is 2.27. The van der Waals surface area contributed by atoms with E-state index in [4.69, 9.17) is 0 Å². The van der Waals surface area contributed by atoms with E-state index in [2.05, 4.69) is 4.90 Å². The van der Waals surface area contributed by atoms with Crippen LogP contribution in [0, 0.1) is 11.6 Å². The molecule has 0 unspecified atom stereocenters. The number of β-amino-alcohol motifs (C(OH)–C–C–N with tert-alkyl or cyclic N) is 1. The van der Waals surface area contributed by atoms with Gasteiger partial charge in [0, 0.05) is 31.3 Å². The third-order valence-electron chi connectivity index (χ3n) is 5.02. The molecule has 0 spiro atoms. The average Bonchev–Trinajstić information content (AvgIpc) is 2.51. The molecule has 2 atom stereocenters. The molecule has 2 saturated heterocycles. The van der Waals surface area contributed by atoms with Gasteiger partial charge in [0.05, 0.1) is 11.6 Å². The van der Waals surface area contributed by atoms with E-state index >= 15 is 0 Å². The molecule has 0 bridgehead atoms. The first-order chi connectivity index (χ1) is 11.4. The monoisotopic (exact) mass is 338 g/mol. The molecular formula is C18H24F2N2O2. The normalized spacial score (nSPS) is 29.1. The van der Waals surface area contributed by atoms with Crippen LogP contribution in [0.2, 0.25) is 0 Å². The van der Waals surface area contributed by atoms with Gasteiger partial charge in [0.1, 0.15) is 11.6 Å². The smallest absolute Gasteiger partial charge is 0.240 e. The number of rotatable bonds is 3. The maximum atomic E-state index is 13.9. The van der Waals surface area contributed by atoms with Crippen LogP contribution in [0.5, 0.6) is 0 Å². The van der Waals surface area contributed by atoms with Crippen molar-refractivity contribution < 1.29 is 18.7 Å². The van der Waals surface area contributed by atoms with Crippen LogP contribution < -0.4 is 0 Å². The Balaban J connectivity index is 1.70. The van der Waals surface area contributed by atoms with Crippen molar-refractivity contribution >= 4 is 5.91 Å². The van der Waals surface area contributed by atoms with Gasteiger partial charge in [0.15, 0.2) is 0 Å². The highest BCUT2D eigenvalue weighted by atomic mass is 19.1. The van der Waals surface area contributed by atoms with Crippen molar-refractivity contribution in [1.29, 1.82) is 0 Å². The van der Waals surface area contributed by atoms with E-state index in [1.54, 1.807) is 11.8 Å². The fourth-order valence-corrected chi connectivity index (χ4v) is 3.80. The lowest BCUT2D eigenvalue weighted by Gasteiger charge is -2.44. The Labute approximate surface area is 141 Å². The van der Waals surface area contributed by atoms with Crippen molar-refractivity contribution in [3.63, 3.8) is 0 Å². The Kier molecular flexibility index (Phi) is 4.88. The lowest BCUT2D eigenvalue weighted by atomic mass is 9.92. The predicted molar refractivity (Wildman–Crippen MR) is 86.2 cm³/mol. The number of halogens is 2. The van der Waals surface area contributed by atoms with Crippen molar-refractivity contribution in [2.75, 3.05) is 19.6 Å². The molecule has 24 heavy (non-hydrogen) atoms. The van der Waals surface area contributed by atoms with E-state index in [0.29, 0.717) is 18.7 Å². The zero-order valence-electron chi connectivity index (χ0n) is 14.0. The molecule has 6 heteroatoms. The zero-order valence-corrected chi connectivity index (χ0v) is 14.0. The zero-order chi connectivity index (χ0) is 17.3. The number of nitrogens with zero attached hydrogens (tertiary/aromatic N) is 2. The van der Waals surface area contributed by atoms with Crippen LogP contribution in [0.1, 0.15) is 38.2 Å². The van der Waals surface area contributed by atoms with Crippen LogP contribution in [0.4, 0.5) is 8.78 Å². The van der Waals surface area contributed by atoms with Crippen molar-refractivity contribution in [2.24, 2.45) is 0 Å². The van der Waals surface area contributed by atoms with Gasteiger partial charge < -0.3 is 10.0 Å². The minimum absolute atomic E-state index is 0.0253. The molecule has 2 heterocycles. The summed E-state index contributed by atoms with van der Waals surface area (Å²) < 4.78 is 26.9. The van der Waals surface area contributed by atoms with Crippen molar-refractivity contribution in [2.45, 2.75) is 50.8 Å². The summed E-state index contributed by atoms with van der Waals surface area (Å²) in [4.78, 5) is 16.5. The maximum Gasteiger partial charge on any atom is 0.240 e. The quantitative estimate of drug-likeness (QED) is 0.920. The molecule has 2 fully saturated rings. The van der Waals surface area contributed by atoms with Gasteiger partial charge in [0.25, 0.3) is 0 Å². The molecule has 1 aromatic rings. The van der Waals surface area contributed by atoms with Gasteiger partial charge in [-0.1, -0.05) is 6.07 Å². The molecule has 1 aromatic carbocycles. The van der Waals surface area contributed by atoms with Gasteiger partial charge in [0.2, 0.25) is 5.91 Å². The number of aliphatic hydroxyl groups is 1. The van der Waals surface area contributed by atoms with Crippen molar-refractivity contribution in [1.82, 2.24) is 9.80 Å². The molecular weight excluding hydrogens is 314 g/mol. The molecule has 1 N–H and O–H groups in total. The maximum absolute atomic E-state index is 13.9. The molecule has 4 nitrogen and oxygen atoms in total. The summed E-state index contributed by atoms with van der Waals surface area (Å²) in [6, 6.07) is 3.21. The SMILES string of the molecule is C[C@@]1(O)CCCN([C@@H]2CCCN(Cc3ccc(F)cc3F)C2=O)C1. The van der Waals surface area contributed by atoms with Crippen LogP contribution in [-0.2, 0) is 11.3 Å². The number of likely N-dealkylation sites (tertiary alicyclic amines) is 2. The molecule has 0 aromatic heterocycles. The van der Waals surface area contributed by atoms with Crippen molar-refractivity contribution in [3.8, 4) is 0 Å². The Morgan fingerprint density at radius 3 is 2.79 bits per heavy atom. The summed E-state index contributed by atoms with van der Waals surface area (Å²) in [6.07, 6.45) is 3.22. The van der Waals surface area contributed by atoms with Crippen LogP contribution in [0.3, 0.4) is 0 Å². The standard InChI is InChI=1S/C18H24F2N2O2/c1-18(24)7-3-9-22(12-18)16-4-2-8-21(17(16)23)11-13-5-6-14(19)10-15(13)20/h5-6,10,16,24H,2-4,7-9,11-12H2,1H3/t16-,18-/m1/s1. The van der Waals surface area contributed by atoms with Gasteiger partial charge in [-0.25, -0.2) is 8.78 Å². The van der Waals surface area contributed by atoms with Crippen molar-refractivity contribution in [3.05, 3.63) is 35.4 Å². The Bertz CT molecular complexity index is 621. The van der Waals surface area contributed by atoms with E-state index < -0.39 is 17.2 Å². The number of carbonyl (C=O) groups excluding carboxylic acids is 1. The van der Waals surface area contributed by atoms with Gasteiger partial charge in [-0.15, -0.1) is 0 Å². The first-order valence-electron chi connectivity index (χ1n) is 8.55. The molecule has 0 radical (unpaired) electrons. The number of hydrogen-bond acceptors (Lipinski definition) is 3. The molecule has 2 aliphatic heterocycles. The molecule has 2 aliphatic rings. The Morgan fingerprint density at radius 1 is 1.29 bits per heavy atom. The largest absolute Gasteiger partial charge is 0.389 e. The van der Waals surface area contributed by atoms with E-state index in [0.717, 1.165) is 38.3 Å². The summed E-state index contributed by atoms with van der Waals surface area (Å²) in [7, 11) is 0. The van der Waals surface area contributed by atoms with Crippen LogP contribution in [0.25, 0.3) is 0 Å². The lowest BCUT2D eigenvalue weighted by Crippen LogP contribution is -2.57. The highest BCUT2D eigenvalue weighted by Gasteiger charge is 2.38. The average molecular weight is 338 g/mol. The second-order valence-electron chi connectivity index (χ2n) is 7.22. The van der Waals surface area contributed by atoms with Crippen LogP contribution in [-0.4, -0.2) is 52.1 Å². The van der Waals surface area contributed by atoms with E-state index in [1.165, 1.54) is 12.1 Å². The number of piperidine rings is 2. The molecule has 132 valence electrons. The summed E-state index contributed by atoms with van der Waals surface area (Å²) >= 11 is 0. The number of benzene rings is 1. The second-order valence-corrected chi connectivity index (χ2v) is 7.22. The Morgan fingerprint density at radius 2 is 2.08 bits per heavy atom. The van der Waals surface area contributed by atoms with Gasteiger partial charge in [-0.2, -0.15) is 0 Å². The topological polar surface area (TPSA) is 43.8 Å². The number of carbonyl (C=O) groups is 1. The van der Waals surface area contributed by atoms with Crippen LogP contribution in [0.15, 0.2) is 18.2 Å². The molecule has 0 saturated carbocycles. The molecule has 3 rings (SSSR count). The van der Waals surface area contributed by atoms with Gasteiger partial charge in [-0.05, 0) is 45.2 Å². The minimum Gasteiger partial charge on any atom is -0.389 e. The molecule has 0 aliphatic carbocycles. The third-order valence-corrected chi connectivity index (χ3v) is 5.02. The fourth-order valence-electron chi connectivity index (χ4n) is 3.80. The predicted octanol–water partition coefficient (Wildman–Crippen LogP) is 2.30. The van der Waals surface area contributed by atoms with E-state index in [-0.39, 0.29) is 18.5 Å². The third kappa shape index (κ3) is 3.75. The number of amides is 1. The Hall–Kier alpha value is -1.53. The summed E-state index contributed by atoms with van der Waals surface area (Å²) in [6.45, 7) is 3.83. The first kappa shape index (κ1) is 17.3. The minimum atomic E-state index is -0.760. The first-order valence-corrected chi connectivity index (χ1v) is 8.55. The second kappa shape index (κ2) is 6.76. The van der Waals surface area contributed by atoms with Gasteiger partial charge >= 0.3 is 0 Å². The van der Waals surface area contributed by atoms with Crippen LogP contribution >= 0.6 is 0 Å². The summed E-state index contributed by atoms with van der Waals surface area (Å²) in [5.41, 5.74) is -0.430. The summed E-state index contributed by atoms with van der Waals surface area (Å²) in [5.74, 6) is -1.26. The summed E-state index contributed by atoms with van der Waals surface area (Å²) in [5, 5.41) is 10.3. The van der Waals surface area contributed by atoms with E-state index in [1.807, 2.05) is 0 Å². The highest BCUT2D eigenvalue weighted by molar-refractivity contribution is 5.82. The fraction of sp³-hybridized carbons (Fsp3) is 0.611. The van der Waals surface area contributed by atoms with Gasteiger partial charge in [-0.3, -0.25) is 9.69 Å². The molecule has 1 amide bonds. The lowest BCUT2D eigenvalue weighted by molar-refractivity contribution is -0.143. The number of hydrogen-bond donors (Lipinski definition) is 1. The van der Waals surface area contributed by atoms with E-state index in [9.17, 15) is 18.7 Å².